The molecular weight excluding hydrogens is 212 g/mol. The van der Waals surface area contributed by atoms with E-state index in [4.69, 9.17) is 5.11 Å². The Balaban J connectivity index is 2.32. The summed E-state index contributed by atoms with van der Waals surface area (Å²) in [4.78, 5) is 4.45. The zero-order valence-corrected chi connectivity index (χ0v) is 11.2. The molecule has 0 amide bonds. The maximum atomic E-state index is 8.83. The Labute approximate surface area is 104 Å². The minimum atomic E-state index is 0.229. The lowest BCUT2D eigenvalue weighted by Crippen LogP contribution is -2.29. The van der Waals surface area contributed by atoms with Gasteiger partial charge in [-0.15, -0.1) is 0 Å². The first-order chi connectivity index (χ1) is 8.03. The number of pyridine rings is 1. The number of aliphatic hydroxyl groups excluding tert-OH is 1. The topological polar surface area (TPSA) is 45.1 Å². The monoisotopic (exact) mass is 236 g/mol. The first-order valence-electron chi connectivity index (χ1n) is 6.28. The number of aliphatic hydroxyl groups is 1. The highest BCUT2D eigenvalue weighted by molar-refractivity contribution is 5.09. The largest absolute Gasteiger partial charge is 0.396 e. The third kappa shape index (κ3) is 5.80. The minimum absolute atomic E-state index is 0.229. The highest BCUT2D eigenvalue weighted by atomic mass is 16.2. The summed E-state index contributed by atoms with van der Waals surface area (Å²) in [5.41, 5.74) is 2.37. The first-order valence-corrected chi connectivity index (χ1v) is 6.28. The standard InChI is InChI=1S/C14H24N2O/c1-12-6-4-7-13(16-12)10-15-11-14(2,3)8-5-9-17/h4,6-7,15,17H,5,8-11H2,1-3H3. The van der Waals surface area contributed by atoms with Crippen LogP contribution >= 0.6 is 0 Å². The number of hydrogen-bond acceptors (Lipinski definition) is 3. The molecule has 0 unspecified atom stereocenters. The Morgan fingerprint density at radius 3 is 2.76 bits per heavy atom. The second-order valence-electron chi connectivity index (χ2n) is 5.37. The lowest BCUT2D eigenvalue weighted by molar-refractivity contribution is 0.236. The fourth-order valence-electron chi connectivity index (χ4n) is 1.87. The van der Waals surface area contributed by atoms with Crippen molar-refractivity contribution in [2.45, 2.75) is 40.2 Å². The van der Waals surface area contributed by atoms with Crippen LogP contribution in [0.25, 0.3) is 0 Å². The van der Waals surface area contributed by atoms with Gasteiger partial charge < -0.3 is 10.4 Å². The molecule has 1 aromatic rings. The Hall–Kier alpha value is -0.930. The van der Waals surface area contributed by atoms with Gasteiger partial charge in [0.15, 0.2) is 0 Å². The van der Waals surface area contributed by atoms with Crippen LogP contribution in [-0.4, -0.2) is 23.2 Å². The van der Waals surface area contributed by atoms with Crippen LogP contribution in [0, 0.1) is 12.3 Å². The van der Waals surface area contributed by atoms with Gasteiger partial charge in [0.2, 0.25) is 0 Å². The van der Waals surface area contributed by atoms with Crippen LogP contribution in [0.2, 0.25) is 0 Å². The quantitative estimate of drug-likeness (QED) is 0.763. The van der Waals surface area contributed by atoms with Crippen molar-refractivity contribution < 1.29 is 5.11 Å². The molecule has 1 heterocycles. The molecule has 3 nitrogen and oxygen atoms in total. The molecule has 2 N–H and O–H groups in total. The molecule has 1 rings (SSSR count). The van der Waals surface area contributed by atoms with Crippen molar-refractivity contribution in [3.63, 3.8) is 0 Å². The van der Waals surface area contributed by atoms with Crippen LogP contribution in [0.1, 0.15) is 38.1 Å². The molecule has 0 bridgehead atoms. The third-order valence-electron chi connectivity index (χ3n) is 2.87. The molecule has 3 heteroatoms. The summed E-state index contributed by atoms with van der Waals surface area (Å²) in [5, 5.41) is 12.3. The number of aromatic nitrogens is 1. The second kappa shape index (κ2) is 6.72. The predicted molar refractivity (Wildman–Crippen MR) is 70.8 cm³/mol. The van der Waals surface area contributed by atoms with Crippen LogP contribution in [0.5, 0.6) is 0 Å². The molecular formula is C14H24N2O. The number of rotatable bonds is 7. The summed E-state index contributed by atoms with van der Waals surface area (Å²) in [5.74, 6) is 0. The molecule has 0 aliphatic rings. The molecule has 96 valence electrons. The van der Waals surface area contributed by atoms with E-state index in [0.717, 1.165) is 37.3 Å². The highest BCUT2D eigenvalue weighted by Gasteiger charge is 2.16. The van der Waals surface area contributed by atoms with Gasteiger partial charge in [0.1, 0.15) is 0 Å². The van der Waals surface area contributed by atoms with E-state index in [2.05, 4.69) is 24.1 Å². The lowest BCUT2D eigenvalue weighted by Gasteiger charge is -2.24. The van der Waals surface area contributed by atoms with Crippen LogP contribution < -0.4 is 5.32 Å². The van der Waals surface area contributed by atoms with Crippen LogP contribution in [0.15, 0.2) is 18.2 Å². The van der Waals surface area contributed by atoms with Crippen molar-refractivity contribution in [1.82, 2.24) is 10.3 Å². The SMILES string of the molecule is Cc1cccc(CNCC(C)(C)CCCO)n1. The lowest BCUT2D eigenvalue weighted by atomic mass is 9.88. The molecule has 0 spiro atoms. The summed E-state index contributed by atoms with van der Waals surface area (Å²) in [7, 11) is 0. The Morgan fingerprint density at radius 1 is 1.35 bits per heavy atom. The summed E-state index contributed by atoms with van der Waals surface area (Å²) in [6.45, 7) is 8.49. The zero-order valence-electron chi connectivity index (χ0n) is 11.2. The van der Waals surface area contributed by atoms with Gasteiger partial charge in [0, 0.05) is 25.4 Å². The predicted octanol–water partition coefficient (Wildman–Crippen LogP) is 2.28. The van der Waals surface area contributed by atoms with Crippen LogP contribution in [0.3, 0.4) is 0 Å². The second-order valence-corrected chi connectivity index (χ2v) is 5.37. The number of hydrogen-bond donors (Lipinski definition) is 2. The van der Waals surface area contributed by atoms with Crippen molar-refractivity contribution in [3.05, 3.63) is 29.6 Å². The molecule has 17 heavy (non-hydrogen) atoms. The van der Waals surface area contributed by atoms with E-state index < -0.39 is 0 Å². The van der Waals surface area contributed by atoms with Crippen molar-refractivity contribution in [2.24, 2.45) is 5.41 Å². The molecule has 0 radical (unpaired) electrons. The molecule has 0 atom stereocenters. The number of nitrogens with one attached hydrogen (secondary N) is 1. The van der Waals surface area contributed by atoms with Gasteiger partial charge in [-0.3, -0.25) is 4.98 Å². The van der Waals surface area contributed by atoms with Crippen molar-refractivity contribution in [1.29, 1.82) is 0 Å². The normalized spacial score (nSPS) is 11.8. The van der Waals surface area contributed by atoms with E-state index in [1.54, 1.807) is 0 Å². The minimum Gasteiger partial charge on any atom is -0.396 e. The van der Waals surface area contributed by atoms with Crippen molar-refractivity contribution in [2.75, 3.05) is 13.2 Å². The molecule has 0 fully saturated rings. The number of aryl methyl sites for hydroxylation is 1. The Morgan fingerprint density at radius 2 is 2.12 bits per heavy atom. The average Bonchev–Trinajstić information content (AvgIpc) is 2.26. The Kier molecular flexibility index (Phi) is 5.59. The summed E-state index contributed by atoms with van der Waals surface area (Å²) < 4.78 is 0. The van der Waals surface area contributed by atoms with Gasteiger partial charge in [-0.25, -0.2) is 0 Å². The van der Waals surface area contributed by atoms with Gasteiger partial charge in [-0.2, -0.15) is 0 Å². The fourth-order valence-corrected chi connectivity index (χ4v) is 1.87. The van der Waals surface area contributed by atoms with Gasteiger partial charge in [-0.05, 0) is 37.3 Å². The number of nitrogens with zero attached hydrogens (tertiary/aromatic N) is 1. The van der Waals surface area contributed by atoms with E-state index in [1.165, 1.54) is 0 Å². The van der Waals surface area contributed by atoms with E-state index in [-0.39, 0.29) is 12.0 Å². The molecule has 0 aliphatic heterocycles. The molecule has 0 saturated heterocycles. The molecule has 1 aromatic heterocycles. The highest BCUT2D eigenvalue weighted by Crippen LogP contribution is 2.20. The maximum Gasteiger partial charge on any atom is 0.0544 e. The summed E-state index contributed by atoms with van der Waals surface area (Å²) in [6, 6.07) is 6.09. The van der Waals surface area contributed by atoms with Crippen molar-refractivity contribution >= 4 is 0 Å². The van der Waals surface area contributed by atoms with Gasteiger partial charge in [0.05, 0.1) is 5.69 Å². The average molecular weight is 236 g/mol. The van der Waals surface area contributed by atoms with Gasteiger partial charge in [-0.1, -0.05) is 19.9 Å². The van der Waals surface area contributed by atoms with Gasteiger partial charge in [0.25, 0.3) is 0 Å². The smallest absolute Gasteiger partial charge is 0.0544 e. The fraction of sp³-hybridized carbons (Fsp3) is 0.643. The van der Waals surface area contributed by atoms with Crippen LogP contribution in [-0.2, 0) is 6.54 Å². The van der Waals surface area contributed by atoms with E-state index >= 15 is 0 Å². The third-order valence-corrected chi connectivity index (χ3v) is 2.87. The Bertz CT molecular complexity index is 337. The maximum absolute atomic E-state index is 8.83. The molecule has 0 aliphatic carbocycles. The zero-order chi connectivity index (χ0) is 12.7. The molecule has 0 saturated carbocycles. The van der Waals surface area contributed by atoms with Crippen molar-refractivity contribution in [3.8, 4) is 0 Å². The van der Waals surface area contributed by atoms with E-state index in [9.17, 15) is 0 Å². The summed E-state index contributed by atoms with van der Waals surface area (Å²) in [6.07, 6.45) is 1.91. The summed E-state index contributed by atoms with van der Waals surface area (Å²) >= 11 is 0. The van der Waals surface area contributed by atoms with Crippen LogP contribution in [0.4, 0.5) is 0 Å². The van der Waals surface area contributed by atoms with E-state index in [1.807, 2.05) is 25.1 Å². The van der Waals surface area contributed by atoms with Gasteiger partial charge >= 0.3 is 0 Å². The van der Waals surface area contributed by atoms with E-state index in [0.29, 0.717) is 0 Å². The first kappa shape index (κ1) is 14.1. The molecule has 0 aromatic carbocycles.